The van der Waals surface area contributed by atoms with Gasteiger partial charge in [-0.15, -0.1) is 0 Å². The molecule has 0 aromatic heterocycles. The highest BCUT2D eigenvalue weighted by atomic mass is 16.5. The van der Waals surface area contributed by atoms with Crippen molar-refractivity contribution in [2.45, 2.75) is 93.9 Å². The highest BCUT2D eigenvalue weighted by molar-refractivity contribution is 6.49. The number of fused-ring (bicyclic) bond motifs is 4. The van der Waals surface area contributed by atoms with Gasteiger partial charge in [0.05, 0.1) is 23.4 Å². The minimum atomic E-state index is -1.50. The van der Waals surface area contributed by atoms with Crippen LogP contribution in [0.2, 0.25) is 0 Å². The molecule has 0 heterocycles. The number of carbonyl (C=O) groups excluding carboxylic acids is 7. The quantitative estimate of drug-likeness (QED) is 0.338. The van der Waals surface area contributed by atoms with Crippen LogP contribution in [0.3, 0.4) is 0 Å². The van der Waals surface area contributed by atoms with Crippen LogP contribution in [0.1, 0.15) is 93.9 Å². The summed E-state index contributed by atoms with van der Waals surface area (Å²) in [5.41, 5.74) is -4.40. The summed E-state index contributed by atoms with van der Waals surface area (Å²) in [6, 6.07) is 0. The van der Waals surface area contributed by atoms with Crippen molar-refractivity contribution in [3.05, 3.63) is 11.1 Å². The van der Waals surface area contributed by atoms with E-state index in [4.69, 9.17) is 4.74 Å². The fourth-order valence-electron chi connectivity index (χ4n) is 8.73. The lowest BCUT2D eigenvalue weighted by Gasteiger charge is -2.57. The predicted molar refractivity (Wildman–Crippen MR) is 145 cm³/mol. The molecule has 0 N–H and O–H groups in total. The molecule has 0 aliphatic heterocycles. The lowest BCUT2D eigenvalue weighted by Crippen LogP contribution is -2.62. The molecule has 7 unspecified atom stereocenters. The highest BCUT2D eigenvalue weighted by Crippen LogP contribution is 2.68. The van der Waals surface area contributed by atoms with Crippen molar-refractivity contribution in [2.24, 2.45) is 45.3 Å². The Morgan fingerprint density at radius 1 is 0.900 bits per heavy atom. The molecular formula is C32H42O8. The number of ether oxygens (including phenoxy) is 1. The van der Waals surface area contributed by atoms with Crippen molar-refractivity contribution in [3.63, 3.8) is 0 Å². The van der Waals surface area contributed by atoms with Crippen LogP contribution >= 0.6 is 0 Å². The van der Waals surface area contributed by atoms with E-state index >= 15 is 0 Å². The molecule has 4 aliphatic carbocycles. The van der Waals surface area contributed by atoms with Gasteiger partial charge in [0.2, 0.25) is 11.6 Å². The maximum Gasteiger partial charge on any atom is 0.309 e. The maximum absolute atomic E-state index is 14.2. The van der Waals surface area contributed by atoms with Gasteiger partial charge in [-0.05, 0) is 38.0 Å². The monoisotopic (exact) mass is 554 g/mol. The first kappa shape index (κ1) is 30.2. The van der Waals surface area contributed by atoms with Crippen molar-refractivity contribution in [3.8, 4) is 0 Å². The maximum atomic E-state index is 14.2. The first-order valence-corrected chi connectivity index (χ1v) is 14.5. The van der Waals surface area contributed by atoms with Gasteiger partial charge in [-0.2, -0.15) is 0 Å². The van der Waals surface area contributed by atoms with Crippen LogP contribution in [0.4, 0.5) is 0 Å². The van der Waals surface area contributed by atoms with Crippen LogP contribution in [0.15, 0.2) is 11.1 Å². The average Bonchev–Trinajstić information content (AvgIpc) is 3.08. The first-order chi connectivity index (χ1) is 18.4. The van der Waals surface area contributed by atoms with E-state index in [1.54, 1.807) is 48.5 Å². The van der Waals surface area contributed by atoms with E-state index in [9.17, 15) is 33.6 Å². The Labute approximate surface area is 236 Å². The smallest absolute Gasteiger partial charge is 0.309 e. The molecule has 0 aromatic rings. The molecule has 8 nitrogen and oxygen atoms in total. The van der Waals surface area contributed by atoms with Gasteiger partial charge in [0, 0.05) is 54.1 Å². The second-order valence-electron chi connectivity index (χ2n) is 13.8. The lowest BCUT2D eigenvalue weighted by atomic mass is 9.42. The third-order valence-electron chi connectivity index (χ3n) is 11.3. The van der Waals surface area contributed by atoms with Gasteiger partial charge in [-0.3, -0.25) is 33.6 Å². The molecule has 2 fully saturated rings. The van der Waals surface area contributed by atoms with Gasteiger partial charge in [0.15, 0.2) is 5.78 Å². The molecule has 0 spiro atoms. The van der Waals surface area contributed by atoms with Crippen LogP contribution in [-0.2, 0) is 38.3 Å². The van der Waals surface area contributed by atoms with E-state index < -0.39 is 62.9 Å². The lowest BCUT2D eigenvalue weighted by molar-refractivity contribution is -0.156. The molecule has 0 saturated heterocycles. The van der Waals surface area contributed by atoms with Gasteiger partial charge < -0.3 is 4.74 Å². The number of rotatable bonds is 7. The second-order valence-corrected chi connectivity index (χ2v) is 13.8. The van der Waals surface area contributed by atoms with Gasteiger partial charge in [0.25, 0.3) is 0 Å². The summed E-state index contributed by atoms with van der Waals surface area (Å²) in [4.78, 5) is 93.8. The van der Waals surface area contributed by atoms with Gasteiger partial charge in [0.1, 0.15) is 17.3 Å². The first-order valence-electron chi connectivity index (χ1n) is 14.5. The summed E-state index contributed by atoms with van der Waals surface area (Å²) in [6.07, 6.45) is 0.609. The Kier molecular flexibility index (Phi) is 7.29. The van der Waals surface area contributed by atoms with Crippen molar-refractivity contribution in [2.75, 3.05) is 6.61 Å². The Balaban J connectivity index is 1.74. The Morgan fingerprint density at radius 2 is 1.52 bits per heavy atom. The standard InChI is InChI=1S/C32H42O8/c1-9-40-28(39)17(3)13-18(33)12-16(2)19-14-23(36)32(8)24-20(34)15-21-29(4,5)22(35)10-11-30(21,6)25(24)26(37)27(38)31(19,32)7/h16-17,19,21H,9-15H2,1-8H3. The molecule has 4 aliphatic rings. The minimum Gasteiger partial charge on any atom is -0.466 e. The molecule has 8 heteroatoms. The van der Waals surface area contributed by atoms with Crippen molar-refractivity contribution in [1.29, 1.82) is 0 Å². The van der Waals surface area contributed by atoms with E-state index in [2.05, 4.69) is 0 Å². The molecule has 0 amide bonds. The van der Waals surface area contributed by atoms with Gasteiger partial charge >= 0.3 is 5.97 Å². The largest absolute Gasteiger partial charge is 0.466 e. The van der Waals surface area contributed by atoms with Crippen LogP contribution < -0.4 is 0 Å². The van der Waals surface area contributed by atoms with Crippen molar-refractivity contribution >= 4 is 40.7 Å². The topological polar surface area (TPSA) is 129 Å². The average molecular weight is 555 g/mol. The van der Waals surface area contributed by atoms with E-state index in [0.29, 0.717) is 6.42 Å². The van der Waals surface area contributed by atoms with Crippen LogP contribution in [0, 0.1) is 45.3 Å². The highest BCUT2D eigenvalue weighted by Gasteiger charge is 2.74. The van der Waals surface area contributed by atoms with Gasteiger partial charge in [-0.1, -0.05) is 41.5 Å². The number of ketones is 6. The Morgan fingerprint density at radius 3 is 2.12 bits per heavy atom. The van der Waals surface area contributed by atoms with Crippen molar-refractivity contribution < 1.29 is 38.3 Å². The fourth-order valence-corrected chi connectivity index (χ4v) is 8.73. The van der Waals surface area contributed by atoms with Crippen LogP contribution in [-0.4, -0.2) is 47.3 Å². The molecular weight excluding hydrogens is 512 g/mol. The fraction of sp³-hybridized carbons (Fsp3) is 0.719. The molecule has 218 valence electrons. The summed E-state index contributed by atoms with van der Waals surface area (Å²) in [5, 5.41) is 0. The van der Waals surface area contributed by atoms with E-state index in [-0.39, 0.29) is 73.0 Å². The van der Waals surface area contributed by atoms with E-state index in [0.717, 1.165) is 0 Å². The zero-order valence-corrected chi connectivity index (χ0v) is 25.0. The zero-order valence-electron chi connectivity index (χ0n) is 25.0. The molecule has 0 bridgehead atoms. The molecule has 0 radical (unpaired) electrons. The summed E-state index contributed by atoms with van der Waals surface area (Å²) in [5.74, 6) is -4.76. The van der Waals surface area contributed by atoms with Crippen LogP contribution in [0.5, 0.6) is 0 Å². The minimum absolute atomic E-state index is 0.0211. The molecule has 2 saturated carbocycles. The summed E-state index contributed by atoms with van der Waals surface area (Å²) in [6.45, 7) is 14.0. The number of carbonyl (C=O) groups is 7. The van der Waals surface area contributed by atoms with Gasteiger partial charge in [-0.25, -0.2) is 0 Å². The zero-order chi connectivity index (χ0) is 30.2. The second kappa shape index (κ2) is 9.66. The molecule has 7 atom stereocenters. The Bertz CT molecular complexity index is 1270. The predicted octanol–water partition coefficient (Wildman–Crippen LogP) is 4.21. The van der Waals surface area contributed by atoms with Crippen LogP contribution in [0.25, 0.3) is 0 Å². The van der Waals surface area contributed by atoms with Crippen molar-refractivity contribution in [1.82, 2.24) is 0 Å². The number of esters is 1. The Hall–Kier alpha value is -2.77. The summed E-state index contributed by atoms with van der Waals surface area (Å²) >= 11 is 0. The third kappa shape index (κ3) is 3.87. The summed E-state index contributed by atoms with van der Waals surface area (Å²) in [7, 11) is 0. The van der Waals surface area contributed by atoms with E-state index in [1.807, 2.05) is 6.92 Å². The molecule has 4 rings (SSSR count). The van der Waals surface area contributed by atoms with E-state index in [1.165, 1.54) is 0 Å². The number of hydrogen-bond acceptors (Lipinski definition) is 8. The summed E-state index contributed by atoms with van der Waals surface area (Å²) < 4.78 is 5.00. The normalized spacial score (nSPS) is 36.5. The molecule has 40 heavy (non-hydrogen) atoms. The molecule has 0 aromatic carbocycles. The number of Topliss-reactive ketones (excluding diaryl/α,β-unsaturated/α-hetero) is 6. The number of hydrogen-bond donors (Lipinski definition) is 0. The number of allylic oxidation sites excluding steroid dienone is 2. The third-order valence-corrected chi connectivity index (χ3v) is 11.3. The SMILES string of the molecule is CCOC(=O)C(C)CC(=O)CC(C)C1CC(=O)C2(C)C3=C(C(=O)C(=O)C12C)C1(C)CCC(=O)C(C)(C)C1CC3=O.